The number of amides is 1. The summed E-state index contributed by atoms with van der Waals surface area (Å²) in [5.41, 5.74) is 3.27. The highest BCUT2D eigenvalue weighted by molar-refractivity contribution is 9.10. The summed E-state index contributed by atoms with van der Waals surface area (Å²) in [5.74, 6) is 0.817. The van der Waals surface area contributed by atoms with E-state index in [1.807, 2.05) is 36.4 Å². The fourth-order valence-electron chi connectivity index (χ4n) is 2.75. The van der Waals surface area contributed by atoms with Crippen LogP contribution in [0.25, 0.3) is 0 Å². The summed E-state index contributed by atoms with van der Waals surface area (Å²) >= 11 is 3.47. The van der Waals surface area contributed by atoms with Crippen LogP contribution < -0.4 is 10.1 Å². The van der Waals surface area contributed by atoms with E-state index in [2.05, 4.69) is 37.4 Å². The van der Waals surface area contributed by atoms with Crippen LogP contribution in [-0.4, -0.2) is 27.8 Å². The smallest absolute Gasteiger partial charge is 0.220 e. The van der Waals surface area contributed by atoms with Gasteiger partial charge in [-0.05, 0) is 51.2 Å². The number of rotatable bonds is 8. The molecule has 0 atom stereocenters. The van der Waals surface area contributed by atoms with Crippen molar-refractivity contribution in [3.05, 3.63) is 76.3 Å². The Morgan fingerprint density at radius 1 is 1.19 bits per heavy atom. The van der Waals surface area contributed by atoms with Crippen LogP contribution in [0.2, 0.25) is 0 Å². The first-order chi connectivity index (χ1) is 13.1. The van der Waals surface area contributed by atoms with Crippen LogP contribution in [0, 0.1) is 0 Å². The average Bonchev–Trinajstić information content (AvgIpc) is 3.18. The van der Waals surface area contributed by atoms with Gasteiger partial charge >= 0.3 is 0 Å². The number of methoxy groups -OCH3 is 1. The predicted molar refractivity (Wildman–Crippen MR) is 106 cm³/mol. The molecule has 7 heteroatoms. The maximum absolute atomic E-state index is 12.2. The zero-order valence-corrected chi connectivity index (χ0v) is 16.6. The Morgan fingerprint density at radius 2 is 2.04 bits per heavy atom. The molecule has 1 heterocycles. The number of nitrogens with zero attached hydrogens (tertiary/aromatic N) is 3. The van der Waals surface area contributed by atoms with Gasteiger partial charge in [0.1, 0.15) is 18.4 Å². The number of hydrogen-bond acceptors (Lipinski definition) is 4. The lowest BCUT2D eigenvalue weighted by Crippen LogP contribution is -2.23. The Bertz CT molecular complexity index is 897. The minimum atomic E-state index is 0.0311. The van der Waals surface area contributed by atoms with Crippen LogP contribution in [-0.2, 0) is 24.3 Å². The number of benzene rings is 2. The molecule has 0 unspecified atom stereocenters. The van der Waals surface area contributed by atoms with E-state index in [1.165, 1.54) is 6.33 Å². The third-order valence-corrected chi connectivity index (χ3v) is 4.77. The second-order valence-electron chi connectivity index (χ2n) is 6.16. The summed E-state index contributed by atoms with van der Waals surface area (Å²) in [6, 6.07) is 14.0. The normalized spacial score (nSPS) is 10.6. The van der Waals surface area contributed by atoms with Gasteiger partial charge in [0.05, 0.1) is 18.1 Å². The zero-order valence-electron chi connectivity index (χ0n) is 15.1. The molecule has 1 amide bonds. The fraction of sp³-hybridized carbons (Fsp3) is 0.250. The molecule has 1 aromatic heterocycles. The molecular formula is C20H21BrN4O2. The largest absolute Gasteiger partial charge is 0.496 e. The summed E-state index contributed by atoms with van der Waals surface area (Å²) < 4.78 is 7.88. The number of carbonyl (C=O) groups is 1. The molecule has 0 saturated carbocycles. The van der Waals surface area contributed by atoms with Gasteiger partial charge in [0.2, 0.25) is 5.91 Å². The van der Waals surface area contributed by atoms with E-state index in [4.69, 9.17) is 4.74 Å². The van der Waals surface area contributed by atoms with Crippen molar-refractivity contribution in [2.45, 2.75) is 25.9 Å². The maximum Gasteiger partial charge on any atom is 0.220 e. The van der Waals surface area contributed by atoms with Crippen molar-refractivity contribution in [2.75, 3.05) is 7.11 Å². The summed E-state index contributed by atoms with van der Waals surface area (Å²) in [6.07, 6.45) is 4.33. The van der Waals surface area contributed by atoms with Gasteiger partial charge in [-0.25, -0.2) is 9.67 Å². The monoisotopic (exact) mass is 428 g/mol. The zero-order chi connectivity index (χ0) is 19.1. The van der Waals surface area contributed by atoms with Crippen LogP contribution >= 0.6 is 15.9 Å². The average molecular weight is 429 g/mol. The highest BCUT2D eigenvalue weighted by Gasteiger charge is 2.06. The Balaban J connectivity index is 1.48. The van der Waals surface area contributed by atoms with Crippen molar-refractivity contribution in [2.24, 2.45) is 0 Å². The molecule has 6 nitrogen and oxygen atoms in total. The van der Waals surface area contributed by atoms with Gasteiger partial charge in [-0.3, -0.25) is 4.79 Å². The SMILES string of the molecule is COc1ccc(CCC(=O)NCc2cccc(Cn3cncn3)c2)cc1Br. The molecule has 0 spiro atoms. The van der Waals surface area contributed by atoms with Gasteiger partial charge in [0, 0.05) is 13.0 Å². The second-order valence-corrected chi connectivity index (χ2v) is 7.01. The van der Waals surface area contributed by atoms with E-state index < -0.39 is 0 Å². The number of hydrogen-bond donors (Lipinski definition) is 1. The van der Waals surface area contributed by atoms with Crippen molar-refractivity contribution in [3.63, 3.8) is 0 Å². The standard InChI is InChI=1S/C20H21BrN4O2/c1-27-19-7-5-15(10-18(19)21)6-8-20(26)23-11-16-3-2-4-17(9-16)12-25-14-22-13-24-25/h2-5,7,9-10,13-14H,6,8,11-12H2,1H3,(H,23,26). The Kier molecular flexibility index (Phi) is 6.59. The van der Waals surface area contributed by atoms with Gasteiger partial charge < -0.3 is 10.1 Å². The number of nitrogens with one attached hydrogen (secondary N) is 1. The van der Waals surface area contributed by atoms with Crippen molar-refractivity contribution in [1.82, 2.24) is 20.1 Å². The quantitative estimate of drug-likeness (QED) is 0.597. The second kappa shape index (κ2) is 9.32. The van der Waals surface area contributed by atoms with Gasteiger partial charge in [-0.1, -0.05) is 30.3 Å². The number of halogens is 1. The Labute approximate surface area is 166 Å². The van der Waals surface area contributed by atoms with Gasteiger partial charge in [-0.2, -0.15) is 5.10 Å². The van der Waals surface area contributed by atoms with E-state index in [-0.39, 0.29) is 5.91 Å². The molecule has 0 fully saturated rings. The lowest BCUT2D eigenvalue weighted by Gasteiger charge is -2.09. The molecule has 2 aromatic carbocycles. The summed E-state index contributed by atoms with van der Waals surface area (Å²) in [7, 11) is 1.63. The third-order valence-electron chi connectivity index (χ3n) is 4.15. The highest BCUT2D eigenvalue weighted by atomic mass is 79.9. The predicted octanol–water partition coefficient (Wildman–Crippen LogP) is 3.35. The topological polar surface area (TPSA) is 69.0 Å². The van der Waals surface area contributed by atoms with E-state index in [0.29, 0.717) is 25.9 Å². The molecule has 3 rings (SSSR count). The van der Waals surface area contributed by atoms with Crippen molar-refractivity contribution >= 4 is 21.8 Å². The summed E-state index contributed by atoms with van der Waals surface area (Å²) in [5, 5.41) is 7.09. The molecule has 1 N–H and O–H groups in total. The Hall–Kier alpha value is -2.67. The lowest BCUT2D eigenvalue weighted by atomic mass is 10.1. The van der Waals surface area contributed by atoms with Crippen molar-refractivity contribution in [1.29, 1.82) is 0 Å². The molecule has 0 radical (unpaired) electrons. The summed E-state index contributed by atoms with van der Waals surface area (Å²) in [4.78, 5) is 16.1. The number of aromatic nitrogens is 3. The minimum absolute atomic E-state index is 0.0311. The maximum atomic E-state index is 12.2. The first-order valence-electron chi connectivity index (χ1n) is 8.63. The molecule has 0 aliphatic heterocycles. The van der Waals surface area contributed by atoms with E-state index in [9.17, 15) is 4.79 Å². The first-order valence-corrected chi connectivity index (χ1v) is 9.42. The third kappa shape index (κ3) is 5.65. The lowest BCUT2D eigenvalue weighted by molar-refractivity contribution is -0.121. The molecule has 140 valence electrons. The van der Waals surface area contributed by atoms with Crippen LogP contribution in [0.15, 0.2) is 59.6 Å². The van der Waals surface area contributed by atoms with Crippen LogP contribution in [0.1, 0.15) is 23.1 Å². The van der Waals surface area contributed by atoms with E-state index in [0.717, 1.165) is 26.9 Å². The highest BCUT2D eigenvalue weighted by Crippen LogP contribution is 2.25. The molecular weight excluding hydrogens is 408 g/mol. The Morgan fingerprint density at radius 3 is 2.78 bits per heavy atom. The van der Waals surface area contributed by atoms with Crippen molar-refractivity contribution in [3.8, 4) is 5.75 Å². The number of aryl methyl sites for hydroxylation is 1. The first kappa shape index (κ1) is 19.1. The van der Waals surface area contributed by atoms with E-state index >= 15 is 0 Å². The van der Waals surface area contributed by atoms with Crippen molar-refractivity contribution < 1.29 is 9.53 Å². The fourth-order valence-corrected chi connectivity index (χ4v) is 3.34. The summed E-state index contributed by atoms with van der Waals surface area (Å²) in [6.45, 7) is 1.17. The molecule has 0 aliphatic carbocycles. The van der Waals surface area contributed by atoms with Gasteiger partial charge in [0.15, 0.2) is 0 Å². The number of carbonyl (C=O) groups excluding carboxylic acids is 1. The molecule has 0 bridgehead atoms. The minimum Gasteiger partial charge on any atom is -0.496 e. The van der Waals surface area contributed by atoms with Crippen LogP contribution in [0.3, 0.4) is 0 Å². The molecule has 3 aromatic rings. The van der Waals surface area contributed by atoms with Gasteiger partial charge in [-0.15, -0.1) is 0 Å². The molecule has 0 aliphatic rings. The van der Waals surface area contributed by atoms with E-state index in [1.54, 1.807) is 18.1 Å². The number of ether oxygens (including phenoxy) is 1. The molecule has 0 saturated heterocycles. The van der Waals surface area contributed by atoms with Gasteiger partial charge in [0.25, 0.3) is 0 Å². The van der Waals surface area contributed by atoms with Crippen LogP contribution in [0.4, 0.5) is 0 Å². The molecule has 27 heavy (non-hydrogen) atoms. The van der Waals surface area contributed by atoms with Crippen LogP contribution in [0.5, 0.6) is 5.75 Å².